The van der Waals surface area contributed by atoms with E-state index in [0.29, 0.717) is 18.9 Å². The van der Waals surface area contributed by atoms with E-state index in [1.807, 2.05) is 56.8 Å². The Hall–Kier alpha value is -2.54. The number of ether oxygens (including phenoxy) is 1. The molecule has 7 heteroatoms. The summed E-state index contributed by atoms with van der Waals surface area (Å²) < 4.78 is 5.67. The van der Waals surface area contributed by atoms with Gasteiger partial charge < -0.3 is 14.5 Å². The maximum absolute atomic E-state index is 12.8. The molecule has 0 aliphatic carbocycles. The third-order valence-electron chi connectivity index (χ3n) is 4.54. The predicted octanol–water partition coefficient (Wildman–Crippen LogP) is 2.30. The lowest BCUT2D eigenvalue weighted by Crippen LogP contribution is -2.43. The lowest BCUT2D eigenvalue weighted by Gasteiger charge is -2.32. The molecule has 3 heterocycles. The van der Waals surface area contributed by atoms with E-state index in [1.165, 1.54) is 0 Å². The Morgan fingerprint density at radius 1 is 1.19 bits per heavy atom. The van der Waals surface area contributed by atoms with Crippen LogP contribution in [0.2, 0.25) is 0 Å². The molecule has 0 saturated carbocycles. The lowest BCUT2D eigenvalue weighted by molar-refractivity contribution is -0.146. The average Bonchev–Trinajstić information content (AvgIpc) is 2.66. The second kappa shape index (κ2) is 8.00. The van der Waals surface area contributed by atoms with Crippen LogP contribution in [0.5, 0.6) is 0 Å². The first-order chi connectivity index (χ1) is 12.9. The number of hydrogen-bond donors (Lipinski definition) is 0. The van der Waals surface area contributed by atoms with Crippen LogP contribution in [0.25, 0.3) is 11.4 Å². The van der Waals surface area contributed by atoms with E-state index in [1.54, 1.807) is 12.4 Å². The number of anilines is 1. The molecule has 1 amide bonds. The summed E-state index contributed by atoms with van der Waals surface area (Å²) in [5, 5.41) is 0. The number of fused-ring (bicyclic) bond motifs is 1. The van der Waals surface area contributed by atoms with Crippen molar-refractivity contribution >= 4 is 11.7 Å². The monoisotopic (exact) mass is 369 g/mol. The molecule has 0 fully saturated rings. The molecule has 0 N–H and O–H groups in total. The van der Waals surface area contributed by atoms with Gasteiger partial charge in [-0.3, -0.25) is 9.78 Å². The Balaban J connectivity index is 1.92. The Bertz CT molecular complexity index is 808. The van der Waals surface area contributed by atoms with Gasteiger partial charge in [0.1, 0.15) is 11.9 Å². The summed E-state index contributed by atoms with van der Waals surface area (Å²) in [6.07, 6.45) is 3.76. The molecule has 0 radical (unpaired) electrons. The van der Waals surface area contributed by atoms with Crippen molar-refractivity contribution in [2.24, 2.45) is 0 Å². The highest BCUT2D eigenvalue weighted by atomic mass is 16.5. The molecule has 1 atom stereocenters. The van der Waals surface area contributed by atoms with E-state index in [2.05, 4.69) is 4.98 Å². The summed E-state index contributed by atoms with van der Waals surface area (Å²) in [7, 11) is 3.96. The molecule has 0 spiro atoms. The number of aromatic nitrogens is 3. The third kappa shape index (κ3) is 4.24. The fourth-order valence-corrected chi connectivity index (χ4v) is 3.32. The van der Waals surface area contributed by atoms with Gasteiger partial charge in [-0.25, -0.2) is 9.97 Å². The standard InChI is InChI=1S/C20H27N5O2/c1-13(2)27-14(3)20(26)25-11-8-16-17(12-25)22-18(23-19(16)24(4)5)15-6-9-21-10-7-15/h6-7,9-10,13-14H,8,11-12H2,1-5H3/t14-/m1/s1. The average molecular weight is 369 g/mol. The van der Waals surface area contributed by atoms with Gasteiger partial charge in [-0.15, -0.1) is 0 Å². The zero-order valence-corrected chi connectivity index (χ0v) is 16.6. The Labute approximate surface area is 160 Å². The normalized spacial score (nSPS) is 14.8. The van der Waals surface area contributed by atoms with Crippen LogP contribution in [0.4, 0.5) is 5.82 Å². The molecule has 0 bridgehead atoms. The van der Waals surface area contributed by atoms with Crippen molar-refractivity contribution in [3.63, 3.8) is 0 Å². The first-order valence-electron chi connectivity index (χ1n) is 9.28. The number of carbonyl (C=O) groups excluding carboxylic acids is 1. The number of carbonyl (C=O) groups is 1. The van der Waals surface area contributed by atoms with Gasteiger partial charge >= 0.3 is 0 Å². The lowest BCUT2D eigenvalue weighted by atomic mass is 10.0. The number of nitrogens with zero attached hydrogens (tertiary/aromatic N) is 5. The zero-order chi connectivity index (χ0) is 19.6. The fraction of sp³-hybridized carbons (Fsp3) is 0.500. The van der Waals surface area contributed by atoms with E-state index < -0.39 is 6.10 Å². The number of hydrogen-bond acceptors (Lipinski definition) is 6. The van der Waals surface area contributed by atoms with Gasteiger partial charge in [0, 0.05) is 44.2 Å². The minimum Gasteiger partial charge on any atom is -0.366 e. The van der Waals surface area contributed by atoms with Crippen molar-refractivity contribution in [1.29, 1.82) is 0 Å². The highest BCUT2D eigenvalue weighted by Crippen LogP contribution is 2.28. The molecule has 0 aromatic carbocycles. The molecule has 144 valence electrons. The number of amides is 1. The van der Waals surface area contributed by atoms with Crippen LogP contribution < -0.4 is 4.90 Å². The van der Waals surface area contributed by atoms with Crippen LogP contribution in [0.3, 0.4) is 0 Å². The van der Waals surface area contributed by atoms with Crippen molar-refractivity contribution in [1.82, 2.24) is 19.9 Å². The van der Waals surface area contributed by atoms with Gasteiger partial charge in [0.25, 0.3) is 5.91 Å². The van der Waals surface area contributed by atoms with Crippen molar-refractivity contribution in [2.45, 2.75) is 45.9 Å². The highest BCUT2D eigenvalue weighted by Gasteiger charge is 2.29. The summed E-state index contributed by atoms with van der Waals surface area (Å²) in [6.45, 7) is 6.81. The summed E-state index contributed by atoms with van der Waals surface area (Å²) in [5.41, 5.74) is 2.92. The maximum Gasteiger partial charge on any atom is 0.251 e. The highest BCUT2D eigenvalue weighted by molar-refractivity contribution is 5.81. The third-order valence-corrected chi connectivity index (χ3v) is 4.54. The molecule has 2 aromatic heterocycles. The summed E-state index contributed by atoms with van der Waals surface area (Å²) >= 11 is 0. The molecule has 1 aliphatic heterocycles. The molecular formula is C20H27N5O2. The van der Waals surface area contributed by atoms with E-state index in [4.69, 9.17) is 14.7 Å². The smallest absolute Gasteiger partial charge is 0.251 e. The van der Waals surface area contributed by atoms with Gasteiger partial charge in [0.15, 0.2) is 5.82 Å². The second-order valence-corrected chi connectivity index (χ2v) is 7.26. The second-order valence-electron chi connectivity index (χ2n) is 7.26. The van der Waals surface area contributed by atoms with Crippen LogP contribution >= 0.6 is 0 Å². The largest absolute Gasteiger partial charge is 0.366 e. The van der Waals surface area contributed by atoms with Gasteiger partial charge in [-0.1, -0.05) is 0 Å². The van der Waals surface area contributed by atoms with Crippen molar-refractivity contribution < 1.29 is 9.53 Å². The minimum absolute atomic E-state index is 0.00447. The van der Waals surface area contributed by atoms with Gasteiger partial charge in [-0.2, -0.15) is 0 Å². The Kier molecular flexibility index (Phi) is 5.70. The Morgan fingerprint density at radius 2 is 1.89 bits per heavy atom. The molecule has 0 saturated heterocycles. The van der Waals surface area contributed by atoms with E-state index in [-0.39, 0.29) is 12.0 Å². The van der Waals surface area contributed by atoms with Crippen LogP contribution in [0, 0.1) is 0 Å². The summed E-state index contributed by atoms with van der Waals surface area (Å²) in [6, 6.07) is 3.79. The molecule has 7 nitrogen and oxygen atoms in total. The van der Waals surface area contributed by atoms with Gasteiger partial charge in [-0.05, 0) is 39.3 Å². The van der Waals surface area contributed by atoms with E-state index in [0.717, 1.165) is 29.1 Å². The van der Waals surface area contributed by atoms with E-state index in [9.17, 15) is 4.79 Å². The van der Waals surface area contributed by atoms with Crippen molar-refractivity contribution in [3.05, 3.63) is 35.8 Å². The fourth-order valence-electron chi connectivity index (χ4n) is 3.32. The van der Waals surface area contributed by atoms with Crippen LogP contribution in [-0.2, 0) is 22.5 Å². The Morgan fingerprint density at radius 3 is 2.52 bits per heavy atom. The van der Waals surface area contributed by atoms with Crippen molar-refractivity contribution in [2.75, 3.05) is 25.5 Å². The molecule has 3 rings (SSSR count). The van der Waals surface area contributed by atoms with Gasteiger partial charge in [0.05, 0.1) is 18.3 Å². The minimum atomic E-state index is -0.457. The molecule has 27 heavy (non-hydrogen) atoms. The van der Waals surface area contributed by atoms with Crippen LogP contribution in [-0.4, -0.2) is 58.6 Å². The van der Waals surface area contributed by atoms with E-state index >= 15 is 0 Å². The zero-order valence-electron chi connectivity index (χ0n) is 16.6. The number of pyridine rings is 1. The van der Waals surface area contributed by atoms with Crippen LogP contribution in [0.15, 0.2) is 24.5 Å². The molecule has 2 aromatic rings. The number of rotatable bonds is 5. The molecular weight excluding hydrogens is 342 g/mol. The first kappa shape index (κ1) is 19.2. The first-order valence-corrected chi connectivity index (χ1v) is 9.28. The van der Waals surface area contributed by atoms with Gasteiger partial charge in [0.2, 0.25) is 0 Å². The van der Waals surface area contributed by atoms with Crippen molar-refractivity contribution in [3.8, 4) is 11.4 Å². The summed E-state index contributed by atoms with van der Waals surface area (Å²) in [4.78, 5) is 30.2. The summed E-state index contributed by atoms with van der Waals surface area (Å²) in [5.74, 6) is 1.57. The maximum atomic E-state index is 12.8. The topological polar surface area (TPSA) is 71.5 Å². The predicted molar refractivity (Wildman–Crippen MR) is 104 cm³/mol. The quantitative estimate of drug-likeness (QED) is 0.805. The molecule has 0 unspecified atom stereocenters. The van der Waals surface area contributed by atoms with Crippen LogP contribution in [0.1, 0.15) is 32.0 Å². The molecule has 1 aliphatic rings. The SMILES string of the molecule is CC(C)O[C@H](C)C(=O)N1CCc2c(nc(-c3ccncc3)nc2N(C)C)C1.